The Kier molecular flexibility index (Phi) is 3.80. The summed E-state index contributed by atoms with van der Waals surface area (Å²) >= 11 is 0. The zero-order valence-corrected chi connectivity index (χ0v) is 13.2. The molecule has 1 amide bonds. The van der Waals surface area contributed by atoms with E-state index in [2.05, 4.69) is 20.4 Å². The van der Waals surface area contributed by atoms with Gasteiger partial charge in [0, 0.05) is 5.92 Å². The van der Waals surface area contributed by atoms with E-state index in [9.17, 15) is 9.59 Å². The third kappa shape index (κ3) is 2.51. The quantitative estimate of drug-likeness (QED) is 0.374. The Morgan fingerprint density at radius 2 is 1.96 bits per heavy atom. The zero-order chi connectivity index (χ0) is 17.4. The molecule has 24 heavy (non-hydrogen) atoms. The lowest BCUT2D eigenvalue weighted by Crippen LogP contribution is -2.42. The van der Waals surface area contributed by atoms with Gasteiger partial charge in [0.1, 0.15) is 5.82 Å². The second-order valence-corrected chi connectivity index (χ2v) is 5.81. The van der Waals surface area contributed by atoms with Crippen molar-refractivity contribution in [3.63, 3.8) is 0 Å². The molecule has 0 radical (unpaired) electrons. The number of H-pyrrole nitrogens is 1. The fraction of sp³-hybridized carbons (Fsp3) is 0.250. The van der Waals surface area contributed by atoms with Crippen molar-refractivity contribution in [3.8, 4) is 0 Å². The van der Waals surface area contributed by atoms with Crippen molar-refractivity contribution in [1.82, 2.24) is 9.97 Å². The highest BCUT2D eigenvalue weighted by molar-refractivity contribution is 6.11. The van der Waals surface area contributed by atoms with E-state index in [4.69, 9.17) is 10.9 Å². The predicted molar refractivity (Wildman–Crippen MR) is 89.3 cm³/mol. The Morgan fingerprint density at radius 1 is 1.29 bits per heavy atom. The maximum atomic E-state index is 12.5. The number of nitrogens with one attached hydrogen (secondary N) is 2. The van der Waals surface area contributed by atoms with Crippen LogP contribution in [0.15, 0.2) is 34.2 Å². The summed E-state index contributed by atoms with van der Waals surface area (Å²) in [6.07, 6.45) is 0. The van der Waals surface area contributed by atoms with Gasteiger partial charge in [-0.15, -0.1) is 0 Å². The monoisotopic (exact) mass is 327 g/mol. The molecule has 2 atom stereocenters. The maximum absolute atomic E-state index is 12.5. The lowest BCUT2D eigenvalue weighted by molar-refractivity contribution is -0.118. The Bertz CT molecular complexity index is 886. The second kappa shape index (κ2) is 5.80. The molecule has 0 spiro atoms. The van der Waals surface area contributed by atoms with E-state index in [-0.39, 0.29) is 17.5 Å². The molecule has 1 aliphatic rings. The molecule has 1 aromatic carbocycles. The van der Waals surface area contributed by atoms with Gasteiger partial charge in [-0.1, -0.05) is 35.0 Å². The standard InChI is InChI=1S/C16H17N5O3/c1-7-3-5-9(6-4-7)11-10(8(2)21-24)14(22)18-13-12(11)15(23)20-16(17)19-13/h3-6,10-11,24H,1-2H3,(H4,17,18,19,20,22,23)/b21-8-/t10-,11-/m0/s1. The molecule has 8 nitrogen and oxygen atoms in total. The number of fused-ring (bicyclic) bond motifs is 1. The molecule has 0 aliphatic carbocycles. The van der Waals surface area contributed by atoms with Crippen LogP contribution in [-0.4, -0.2) is 26.8 Å². The summed E-state index contributed by atoms with van der Waals surface area (Å²) in [6, 6.07) is 7.47. The van der Waals surface area contributed by atoms with Crippen molar-refractivity contribution >= 4 is 23.4 Å². The largest absolute Gasteiger partial charge is 0.411 e. The number of aromatic nitrogens is 2. The van der Waals surface area contributed by atoms with Gasteiger partial charge in [-0.2, -0.15) is 4.98 Å². The van der Waals surface area contributed by atoms with E-state index < -0.39 is 23.3 Å². The van der Waals surface area contributed by atoms with E-state index in [0.717, 1.165) is 11.1 Å². The van der Waals surface area contributed by atoms with Crippen LogP contribution < -0.4 is 16.6 Å². The van der Waals surface area contributed by atoms with Gasteiger partial charge in [-0.3, -0.25) is 14.6 Å². The Labute approximate surface area is 137 Å². The molecule has 1 aliphatic heterocycles. The van der Waals surface area contributed by atoms with Crippen LogP contribution in [0.4, 0.5) is 11.8 Å². The van der Waals surface area contributed by atoms with Crippen molar-refractivity contribution < 1.29 is 10.0 Å². The van der Waals surface area contributed by atoms with E-state index in [1.165, 1.54) is 6.92 Å². The number of oxime groups is 1. The molecule has 0 bridgehead atoms. The highest BCUT2D eigenvalue weighted by Gasteiger charge is 2.41. The number of nitrogens with two attached hydrogens (primary N) is 1. The zero-order valence-electron chi connectivity index (χ0n) is 13.2. The molecule has 0 fully saturated rings. The summed E-state index contributed by atoms with van der Waals surface area (Å²) in [5.74, 6) is -1.79. The molecule has 0 saturated heterocycles. The molecule has 124 valence electrons. The lowest BCUT2D eigenvalue weighted by atomic mass is 9.76. The van der Waals surface area contributed by atoms with Crippen LogP contribution in [-0.2, 0) is 4.79 Å². The summed E-state index contributed by atoms with van der Waals surface area (Å²) in [6.45, 7) is 3.48. The first-order valence-electron chi connectivity index (χ1n) is 7.38. The number of anilines is 2. The number of aryl methyl sites for hydroxylation is 1. The average Bonchev–Trinajstić information content (AvgIpc) is 2.53. The van der Waals surface area contributed by atoms with Gasteiger partial charge >= 0.3 is 0 Å². The van der Waals surface area contributed by atoms with Gasteiger partial charge in [0.05, 0.1) is 17.2 Å². The van der Waals surface area contributed by atoms with Gasteiger partial charge in [0.25, 0.3) is 5.56 Å². The Balaban J connectivity index is 2.28. The summed E-state index contributed by atoms with van der Waals surface area (Å²) in [5, 5.41) is 14.9. The molecular formula is C16H17N5O3. The number of nitrogen functional groups attached to an aromatic ring is 1. The fourth-order valence-corrected chi connectivity index (χ4v) is 3.02. The number of nitrogens with zero attached hydrogens (tertiary/aromatic N) is 2. The molecule has 8 heteroatoms. The van der Waals surface area contributed by atoms with Crippen LogP contribution in [0.3, 0.4) is 0 Å². The van der Waals surface area contributed by atoms with Crippen LogP contribution in [0.1, 0.15) is 29.5 Å². The van der Waals surface area contributed by atoms with Gasteiger partial charge in [0.15, 0.2) is 0 Å². The van der Waals surface area contributed by atoms with Crippen molar-refractivity contribution in [3.05, 3.63) is 51.3 Å². The third-order valence-corrected chi connectivity index (χ3v) is 4.19. The molecule has 0 unspecified atom stereocenters. The van der Waals surface area contributed by atoms with E-state index in [1.807, 2.05) is 31.2 Å². The van der Waals surface area contributed by atoms with E-state index >= 15 is 0 Å². The molecule has 1 aromatic heterocycles. The molecular weight excluding hydrogens is 310 g/mol. The number of aromatic amines is 1. The third-order valence-electron chi connectivity index (χ3n) is 4.19. The average molecular weight is 327 g/mol. The van der Waals surface area contributed by atoms with E-state index in [1.54, 1.807) is 0 Å². The smallest absolute Gasteiger partial charge is 0.258 e. The fourth-order valence-electron chi connectivity index (χ4n) is 3.02. The van der Waals surface area contributed by atoms with Crippen LogP contribution in [0.2, 0.25) is 0 Å². The molecule has 5 N–H and O–H groups in total. The van der Waals surface area contributed by atoms with Crippen molar-refractivity contribution in [2.24, 2.45) is 11.1 Å². The number of hydrogen-bond acceptors (Lipinski definition) is 6. The van der Waals surface area contributed by atoms with Crippen LogP contribution in [0.5, 0.6) is 0 Å². The highest BCUT2D eigenvalue weighted by Crippen LogP contribution is 2.38. The Hall–Kier alpha value is -3.16. The van der Waals surface area contributed by atoms with Gasteiger partial charge in [-0.25, -0.2) is 0 Å². The SMILES string of the molecule is C/C(=N/O)[C@@H]1C(=O)Nc2nc(N)[nH]c(=O)c2[C@H]1c1ccc(C)cc1. The number of hydrogen-bond donors (Lipinski definition) is 4. The number of carbonyl (C=O) groups excluding carboxylic acids is 1. The van der Waals surface area contributed by atoms with Crippen molar-refractivity contribution in [1.29, 1.82) is 0 Å². The molecule has 0 saturated carbocycles. The predicted octanol–water partition coefficient (Wildman–Crippen LogP) is 1.21. The number of benzene rings is 1. The molecule has 2 heterocycles. The molecule has 2 aromatic rings. The minimum absolute atomic E-state index is 0.0762. The topological polar surface area (TPSA) is 133 Å². The first-order chi connectivity index (χ1) is 11.4. The summed E-state index contributed by atoms with van der Waals surface area (Å²) in [4.78, 5) is 31.5. The minimum atomic E-state index is -0.822. The highest BCUT2D eigenvalue weighted by atomic mass is 16.4. The van der Waals surface area contributed by atoms with Crippen LogP contribution in [0.25, 0.3) is 0 Å². The van der Waals surface area contributed by atoms with Gasteiger partial charge < -0.3 is 16.3 Å². The van der Waals surface area contributed by atoms with Crippen LogP contribution in [0, 0.1) is 12.8 Å². The van der Waals surface area contributed by atoms with E-state index in [0.29, 0.717) is 5.56 Å². The first kappa shape index (κ1) is 15.7. The maximum Gasteiger partial charge on any atom is 0.258 e. The van der Waals surface area contributed by atoms with Crippen molar-refractivity contribution in [2.45, 2.75) is 19.8 Å². The number of amides is 1. The summed E-state index contributed by atoms with van der Waals surface area (Å²) in [7, 11) is 0. The van der Waals surface area contributed by atoms with Gasteiger partial charge in [-0.05, 0) is 19.4 Å². The summed E-state index contributed by atoms with van der Waals surface area (Å²) < 4.78 is 0. The van der Waals surface area contributed by atoms with Crippen molar-refractivity contribution in [2.75, 3.05) is 11.1 Å². The Morgan fingerprint density at radius 3 is 2.58 bits per heavy atom. The van der Waals surface area contributed by atoms with Crippen LogP contribution >= 0.6 is 0 Å². The second-order valence-electron chi connectivity index (χ2n) is 5.81. The molecule has 3 rings (SSSR count). The normalized spacial score (nSPS) is 20.4. The first-order valence-corrected chi connectivity index (χ1v) is 7.38. The number of carbonyl (C=O) groups is 1. The lowest BCUT2D eigenvalue weighted by Gasteiger charge is -2.31. The summed E-state index contributed by atoms with van der Waals surface area (Å²) in [5.41, 5.74) is 7.44. The number of rotatable bonds is 2. The van der Waals surface area contributed by atoms with Gasteiger partial charge in [0.2, 0.25) is 11.9 Å². The minimum Gasteiger partial charge on any atom is -0.411 e.